The summed E-state index contributed by atoms with van der Waals surface area (Å²) in [4.78, 5) is 14.7. The molecular weight excluding hydrogens is 234 g/mol. The first-order valence-electron chi connectivity index (χ1n) is 4.69. The summed E-state index contributed by atoms with van der Waals surface area (Å²) in [5.74, 6) is -1.60. The molecule has 0 bridgehead atoms. The fourth-order valence-electron chi connectivity index (χ4n) is 1.13. The van der Waals surface area contributed by atoms with Crippen molar-refractivity contribution >= 4 is 15.8 Å². The summed E-state index contributed by atoms with van der Waals surface area (Å²) in [6, 6.07) is 0. The molecule has 7 heteroatoms. The van der Waals surface area contributed by atoms with Gasteiger partial charge in [0.1, 0.15) is 5.25 Å². The van der Waals surface area contributed by atoms with Crippen molar-refractivity contribution in [3.63, 3.8) is 0 Å². The predicted molar refractivity (Wildman–Crippen MR) is 56.1 cm³/mol. The van der Waals surface area contributed by atoms with Crippen LogP contribution in [0.15, 0.2) is 4.42 Å². The molecule has 0 saturated carbocycles. The van der Waals surface area contributed by atoms with E-state index < -0.39 is 21.1 Å². The van der Waals surface area contributed by atoms with Gasteiger partial charge in [-0.25, -0.2) is 18.2 Å². The molecule has 0 spiro atoms. The van der Waals surface area contributed by atoms with E-state index in [1.807, 2.05) is 0 Å². The summed E-state index contributed by atoms with van der Waals surface area (Å²) in [5.41, 5.74) is 0.262. The Balaban J connectivity index is 3.23. The van der Waals surface area contributed by atoms with E-state index in [0.717, 1.165) is 6.26 Å². The van der Waals surface area contributed by atoms with Gasteiger partial charge in [0.05, 0.1) is 5.69 Å². The van der Waals surface area contributed by atoms with Gasteiger partial charge in [-0.15, -0.1) is 0 Å². The Morgan fingerprint density at radius 2 is 2.12 bits per heavy atom. The molecule has 6 nitrogen and oxygen atoms in total. The second-order valence-corrected chi connectivity index (χ2v) is 5.82. The van der Waals surface area contributed by atoms with Crippen LogP contribution in [0, 0.1) is 0 Å². The Hall–Kier alpha value is -1.37. The highest BCUT2D eigenvalue weighted by Crippen LogP contribution is 2.23. The van der Waals surface area contributed by atoms with Gasteiger partial charge in [-0.1, -0.05) is 6.92 Å². The lowest BCUT2D eigenvalue weighted by Crippen LogP contribution is -2.07. The third kappa shape index (κ3) is 2.41. The maximum absolute atomic E-state index is 11.3. The van der Waals surface area contributed by atoms with Crippen molar-refractivity contribution in [3.05, 3.63) is 17.3 Å². The smallest absolute Gasteiger partial charge is 0.373 e. The average molecular weight is 247 g/mol. The Bertz CT molecular complexity index is 502. The van der Waals surface area contributed by atoms with E-state index >= 15 is 0 Å². The molecule has 0 radical (unpaired) electrons. The Kier molecular flexibility index (Phi) is 3.37. The Labute approximate surface area is 93.2 Å². The minimum atomic E-state index is -3.34. The van der Waals surface area contributed by atoms with Crippen molar-refractivity contribution in [1.82, 2.24) is 4.98 Å². The lowest BCUT2D eigenvalue weighted by atomic mass is 10.3. The summed E-state index contributed by atoms with van der Waals surface area (Å²) < 4.78 is 27.5. The summed E-state index contributed by atoms with van der Waals surface area (Å²) in [6.45, 7) is 3.13. The van der Waals surface area contributed by atoms with Crippen LogP contribution in [-0.4, -0.2) is 30.7 Å². The number of carbonyl (C=O) groups is 1. The first kappa shape index (κ1) is 12.7. The summed E-state index contributed by atoms with van der Waals surface area (Å²) in [7, 11) is -3.34. The Morgan fingerprint density at radius 3 is 2.44 bits per heavy atom. The van der Waals surface area contributed by atoms with Crippen LogP contribution in [0.3, 0.4) is 0 Å². The lowest BCUT2D eigenvalue weighted by molar-refractivity contribution is 0.0658. The number of aryl methyl sites for hydroxylation is 1. The zero-order valence-corrected chi connectivity index (χ0v) is 10.0. The van der Waals surface area contributed by atoms with Gasteiger partial charge >= 0.3 is 5.97 Å². The van der Waals surface area contributed by atoms with Crippen LogP contribution < -0.4 is 0 Å². The SMILES string of the molecule is CCc1nc(C(C)S(C)(=O)=O)oc1C(=O)O. The standard InChI is InChI=1S/C9H13NO5S/c1-4-6-7(9(11)12)15-8(10-6)5(2)16(3,13)14/h5H,4H2,1-3H3,(H,11,12). The fraction of sp³-hybridized carbons (Fsp3) is 0.556. The van der Waals surface area contributed by atoms with E-state index in [9.17, 15) is 13.2 Å². The van der Waals surface area contributed by atoms with Crippen molar-refractivity contribution in [2.24, 2.45) is 0 Å². The lowest BCUT2D eigenvalue weighted by Gasteiger charge is -2.02. The van der Waals surface area contributed by atoms with E-state index in [1.54, 1.807) is 6.92 Å². The maximum atomic E-state index is 11.3. The molecule has 1 unspecified atom stereocenters. The summed E-state index contributed by atoms with van der Waals surface area (Å²) in [6.07, 6.45) is 1.43. The summed E-state index contributed by atoms with van der Waals surface area (Å²) in [5, 5.41) is 7.87. The molecule has 1 aromatic rings. The van der Waals surface area contributed by atoms with Gasteiger partial charge in [-0.2, -0.15) is 0 Å². The van der Waals surface area contributed by atoms with E-state index in [-0.39, 0.29) is 17.3 Å². The van der Waals surface area contributed by atoms with Crippen LogP contribution >= 0.6 is 0 Å². The van der Waals surface area contributed by atoms with E-state index in [4.69, 9.17) is 9.52 Å². The quantitative estimate of drug-likeness (QED) is 0.853. The summed E-state index contributed by atoms with van der Waals surface area (Å²) >= 11 is 0. The predicted octanol–water partition coefficient (Wildman–Crippen LogP) is 1.04. The molecule has 0 aromatic carbocycles. The number of nitrogens with zero attached hydrogens (tertiary/aromatic N) is 1. The van der Waals surface area contributed by atoms with Gasteiger partial charge in [0.2, 0.25) is 11.7 Å². The van der Waals surface area contributed by atoms with Crippen molar-refractivity contribution in [3.8, 4) is 0 Å². The number of oxazole rings is 1. The Morgan fingerprint density at radius 1 is 1.56 bits per heavy atom. The monoisotopic (exact) mass is 247 g/mol. The van der Waals surface area contributed by atoms with Gasteiger partial charge in [-0.05, 0) is 13.3 Å². The molecule has 0 amide bonds. The average Bonchev–Trinajstić information content (AvgIpc) is 2.58. The van der Waals surface area contributed by atoms with Gasteiger partial charge < -0.3 is 9.52 Å². The highest BCUT2D eigenvalue weighted by Gasteiger charge is 2.26. The molecule has 0 saturated heterocycles. The molecule has 1 aromatic heterocycles. The second kappa shape index (κ2) is 4.25. The van der Waals surface area contributed by atoms with Crippen LogP contribution in [0.1, 0.15) is 41.2 Å². The number of carboxylic acids is 1. The fourth-order valence-corrected chi connectivity index (χ4v) is 1.60. The minimum Gasteiger partial charge on any atom is -0.475 e. The topological polar surface area (TPSA) is 97.5 Å². The minimum absolute atomic E-state index is 0.0725. The number of hydrogen-bond acceptors (Lipinski definition) is 5. The number of carboxylic acid groups (broad SMARTS) is 1. The van der Waals surface area contributed by atoms with E-state index in [2.05, 4.69) is 4.98 Å². The molecule has 1 rings (SSSR count). The van der Waals surface area contributed by atoms with Crippen LogP contribution in [0.4, 0.5) is 0 Å². The molecule has 1 N–H and O–H groups in total. The normalized spacial score (nSPS) is 13.7. The number of rotatable bonds is 4. The maximum Gasteiger partial charge on any atom is 0.373 e. The highest BCUT2D eigenvalue weighted by molar-refractivity contribution is 7.90. The largest absolute Gasteiger partial charge is 0.475 e. The van der Waals surface area contributed by atoms with Crippen molar-refractivity contribution in [2.45, 2.75) is 25.5 Å². The molecule has 16 heavy (non-hydrogen) atoms. The zero-order chi connectivity index (χ0) is 12.5. The van der Waals surface area contributed by atoms with Gasteiger partial charge in [-0.3, -0.25) is 0 Å². The van der Waals surface area contributed by atoms with Crippen LogP contribution in [-0.2, 0) is 16.3 Å². The van der Waals surface area contributed by atoms with Crippen LogP contribution in [0.5, 0.6) is 0 Å². The molecule has 90 valence electrons. The van der Waals surface area contributed by atoms with Gasteiger partial charge in [0, 0.05) is 6.26 Å². The van der Waals surface area contributed by atoms with E-state index in [1.165, 1.54) is 6.92 Å². The second-order valence-electron chi connectivity index (χ2n) is 3.46. The molecule has 0 aliphatic heterocycles. The van der Waals surface area contributed by atoms with Crippen LogP contribution in [0.2, 0.25) is 0 Å². The van der Waals surface area contributed by atoms with Crippen molar-refractivity contribution in [2.75, 3.05) is 6.26 Å². The van der Waals surface area contributed by atoms with Crippen molar-refractivity contribution in [1.29, 1.82) is 0 Å². The number of aromatic nitrogens is 1. The number of sulfone groups is 1. The molecule has 0 aliphatic carbocycles. The zero-order valence-electron chi connectivity index (χ0n) is 9.22. The van der Waals surface area contributed by atoms with Gasteiger partial charge in [0.15, 0.2) is 9.84 Å². The first-order valence-corrected chi connectivity index (χ1v) is 6.64. The number of hydrogen-bond donors (Lipinski definition) is 1. The molecular formula is C9H13NO5S. The third-order valence-corrected chi connectivity index (χ3v) is 3.72. The van der Waals surface area contributed by atoms with E-state index in [0.29, 0.717) is 6.42 Å². The highest BCUT2D eigenvalue weighted by atomic mass is 32.2. The molecule has 0 aliphatic rings. The number of aromatic carboxylic acids is 1. The molecule has 0 fully saturated rings. The van der Waals surface area contributed by atoms with Gasteiger partial charge in [0.25, 0.3) is 0 Å². The van der Waals surface area contributed by atoms with Crippen molar-refractivity contribution < 1.29 is 22.7 Å². The van der Waals surface area contributed by atoms with Crippen LogP contribution in [0.25, 0.3) is 0 Å². The third-order valence-electron chi connectivity index (χ3n) is 2.23. The first-order chi connectivity index (χ1) is 7.27. The molecule has 1 heterocycles. The molecule has 1 atom stereocenters.